The van der Waals surface area contributed by atoms with Crippen LogP contribution in [0.25, 0.3) is 0 Å². The maximum atomic E-state index is 11.0. The number of hydrogen-bond donors (Lipinski definition) is 2. The van der Waals surface area contributed by atoms with Crippen LogP contribution in [0.2, 0.25) is 0 Å². The Labute approximate surface area is 114 Å². The van der Waals surface area contributed by atoms with Gasteiger partial charge in [-0.2, -0.15) is 0 Å². The molecular weight excluding hydrogens is 242 g/mol. The van der Waals surface area contributed by atoms with Crippen LogP contribution in [-0.4, -0.2) is 30.3 Å². The zero-order valence-corrected chi connectivity index (χ0v) is 11.8. The molecule has 1 aromatic carbocycles. The van der Waals surface area contributed by atoms with Crippen molar-refractivity contribution >= 4 is 5.97 Å². The van der Waals surface area contributed by atoms with E-state index in [2.05, 4.69) is 19.2 Å². The van der Waals surface area contributed by atoms with Gasteiger partial charge in [0.1, 0.15) is 11.3 Å². The Bertz CT molecular complexity index is 404. The second-order valence-electron chi connectivity index (χ2n) is 5.12. The highest BCUT2D eigenvalue weighted by Crippen LogP contribution is 2.19. The molecule has 0 bridgehead atoms. The molecule has 1 unspecified atom stereocenters. The highest BCUT2D eigenvalue weighted by molar-refractivity contribution is 5.90. The number of ether oxygens (including phenoxy) is 1. The molecule has 4 nitrogen and oxygen atoms in total. The van der Waals surface area contributed by atoms with Crippen molar-refractivity contribution in [3.8, 4) is 5.75 Å². The predicted octanol–water partition coefficient (Wildman–Crippen LogP) is 2.79. The van der Waals surface area contributed by atoms with Crippen LogP contribution in [-0.2, 0) is 0 Å². The Balaban J connectivity index is 2.44. The molecule has 0 aromatic heterocycles. The van der Waals surface area contributed by atoms with Crippen LogP contribution >= 0.6 is 0 Å². The molecule has 0 aliphatic rings. The quantitative estimate of drug-likeness (QED) is 0.710. The van der Waals surface area contributed by atoms with Crippen molar-refractivity contribution in [3.63, 3.8) is 0 Å². The fourth-order valence-corrected chi connectivity index (χ4v) is 1.72. The van der Waals surface area contributed by atoms with Crippen LogP contribution in [0.3, 0.4) is 0 Å². The van der Waals surface area contributed by atoms with Gasteiger partial charge in [0.05, 0.1) is 6.10 Å². The Kier molecular flexibility index (Phi) is 6.36. The summed E-state index contributed by atoms with van der Waals surface area (Å²) in [4.78, 5) is 11.0. The molecule has 2 N–H and O–H groups in total. The van der Waals surface area contributed by atoms with Crippen LogP contribution in [0.1, 0.15) is 37.6 Å². The summed E-state index contributed by atoms with van der Waals surface area (Å²) in [5.74, 6) is 0.107. The lowest BCUT2D eigenvalue weighted by Gasteiger charge is -2.17. The molecule has 106 valence electrons. The van der Waals surface area contributed by atoms with Gasteiger partial charge in [0.15, 0.2) is 0 Å². The first-order valence-electron chi connectivity index (χ1n) is 6.70. The van der Waals surface area contributed by atoms with Gasteiger partial charge >= 0.3 is 5.97 Å². The van der Waals surface area contributed by atoms with Crippen LogP contribution < -0.4 is 10.1 Å². The fourth-order valence-electron chi connectivity index (χ4n) is 1.72. The first-order chi connectivity index (χ1) is 9.00. The van der Waals surface area contributed by atoms with E-state index in [1.54, 1.807) is 24.3 Å². The smallest absolute Gasteiger partial charge is 0.339 e. The molecule has 0 spiro atoms. The van der Waals surface area contributed by atoms with E-state index in [1.807, 2.05) is 6.92 Å². The molecule has 0 radical (unpaired) electrons. The van der Waals surface area contributed by atoms with Gasteiger partial charge in [-0.25, -0.2) is 4.79 Å². The van der Waals surface area contributed by atoms with Gasteiger partial charge < -0.3 is 15.2 Å². The summed E-state index contributed by atoms with van der Waals surface area (Å²) in [6, 6.07) is 6.74. The average Bonchev–Trinajstić information content (AvgIpc) is 2.35. The van der Waals surface area contributed by atoms with Crippen molar-refractivity contribution in [2.75, 3.05) is 13.1 Å². The largest absolute Gasteiger partial charge is 0.490 e. The maximum absolute atomic E-state index is 11.0. The van der Waals surface area contributed by atoms with E-state index in [-0.39, 0.29) is 11.7 Å². The summed E-state index contributed by atoms with van der Waals surface area (Å²) >= 11 is 0. The summed E-state index contributed by atoms with van der Waals surface area (Å²) in [6.07, 6.45) is 0.834. The van der Waals surface area contributed by atoms with E-state index in [4.69, 9.17) is 9.84 Å². The SMILES string of the molecule is CC(C)CNCCC(C)Oc1ccccc1C(=O)O. The normalized spacial score (nSPS) is 12.4. The fraction of sp³-hybridized carbons (Fsp3) is 0.533. The van der Waals surface area contributed by atoms with E-state index in [9.17, 15) is 4.79 Å². The first kappa shape index (κ1) is 15.5. The minimum absolute atomic E-state index is 0.0137. The first-order valence-corrected chi connectivity index (χ1v) is 6.70. The summed E-state index contributed by atoms with van der Waals surface area (Å²) in [6.45, 7) is 8.13. The number of hydrogen-bond acceptors (Lipinski definition) is 3. The van der Waals surface area contributed by atoms with E-state index in [0.29, 0.717) is 11.7 Å². The molecule has 4 heteroatoms. The number of benzene rings is 1. The molecule has 1 atom stereocenters. The van der Waals surface area contributed by atoms with Gasteiger partial charge in [-0.05, 0) is 44.5 Å². The summed E-state index contributed by atoms with van der Waals surface area (Å²) in [5, 5.41) is 12.4. The van der Waals surface area contributed by atoms with Crippen LogP contribution in [0, 0.1) is 5.92 Å². The zero-order valence-electron chi connectivity index (χ0n) is 11.8. The molecule has 19 heavy (non-hydrogen) atoms. The average molecular weight is 265 g/mol. The zero-order chi connectivity index (χ0) is 14.3. The number of carboxylic acid groups (broad SMARTS) is 1. The Morgan fingerprint density at radius 2 is 2.00 bits per heavy atom. The molecule has 1 aromatic rings. The van der Waals surface area contributed by atoms with Crippen molar-refractivity contribution in [1.29, 1.82) is 0 Å². The third-order valence-corrected chi connectivity index (χ3v) is 2.73. The minimum atomic E-state index is -0.958. The van der Waals surface area contributed by atoms with Crippen LogP contribution in [0.5, 0.6) is 5.75 Å². The summed E-state index contributed by atoms with van der Waals surface area (Å²) in [7, 11) is 0. The van der Waals surface area contributed by atoms with E-state index in [0.717, 1.165) is 19.5 Å². The lowest BCUT2D eigenvalue weighted by atomic mass is 10.2. The minimum Gasteiger partial charge on any atom is -0.490 e. The molecule has 0 aliphatic heterocycles. The standard InChI is InChI=1S/C15H23NO3/c1-11(2)10-16-9-8-12(3)19-14-7-5-4-6-13(14)15(17)18/h4-7,11-12,16H,8-10H2,1-3H3,(H,17,18). The summed E-state index contributed by atoms with van der Waals surface area (Å²) in [5.41, 5.74) is 0.212. The number of aromatic carboxylic acids is 1. The van der Waals surface area contributed by atoms with Gasteiger partial charge in [0, 0.05) is 0 Å². The van der Waals surface area contributed by atoms with E-state index < -0.39 is 5.97 Å². The molecule has 0 saturated carbocycles. The van der Waals surface area contributed by atoms with Gasteiger partial charge in [0.2, 0.25) is 0 Å². The molecular formula is C15H23NO3. The highest BCUT2D eigenvalue weighted by atomic mass is 16.5. The van der Waals surface area contributed by atoms with E-state index in [1.165, 1.54) is 0 Å². The monoisotopic (exact) mass is 265 g/mol. The van der Waals surface area contributed by atoms with Crippen molar-refractivity contribution in [2.24, 2.45) is 5.92 Å². The lowest BCUT2D eigenvalue weighted by molar-refractivity contribution is 0.0689. The van der Waals surface area contributed by atoms with Crippen molar-refractivity contribution < 1.29 is 14.6 Å². The third kappa shape index (κ3) is 5.75. The van der Waals surface area contributed by atoms with Gasteiger partial charge in [-0.3, -0.25) is 0 Å². The number of nitrogens with one attached hydrogen (secondary N) is 1. The van der Waals surface area contributed by atoms with Gasteiger partial charge in [-0.1, -0.05) is 26.0 Å². The molecule has 0 fully saturated rings. The second-order valence-corrected chi connectivity index (χ2v) is 5.12. The molecule has 0 aliphatic carbocycles. The van der Waals surface area contributed by atoms with Crippen molar-refractivity contribution in [2.45, 2.75) is 33.3 Å². The Morgan fingerprint density at radius 3 is 2.63 bits per heavy atom. The number of carboxylic acids is 1. The van der Waals surface area contributed by atoms with Gasteiger partial charge in [0.25, 0.3) is 0 Å². The maximum Gasteiger partial charge on any atom is 0.339 e. The van der Waals surface area contributed by atoms with Crippen LogP contribution in [0.4, 0.5) is 0 Å². The van der Waals surface area contributed by atoms with Crippen LogP contribution in [0.15, 0.2) is 24.3 Å². The second kappa shape index (κ2) is 7.79. The lowest BCUT2D eigenvalue weighted by Crippen LogP contribution is -2.25. The van der Waals surface area contributed by atoms with Crippen molar-refractivity contribution in [1.82, 2.24) is 5.32 Å². The molecule has 0 heterocycles. The number of carbonyl (C=O) groups is 1. The third-order valence-electron chi connectivity index (χ3n) is 2.73. The Hall–Kier alpha value is -1.55. The predicted molar refractivity (Wildman–Crippen MR) is 75.8 cm³/mol. The van der Waals surface area contributed by atoms with Gasteiger partial charge in [-0.15, -0.1) is 0 Å². The molecule has 0 amide bonds. The van der Waals surface area contributed by atoms with Crippen molar-refractivity contribution in [3.05, 3.63) is 29.8 Å². The number of rotatable bonds is 8. The highest BCUT2D eigenvalue weighted by Gasteiger charge is 2.12. The molecule has 1 rings (SSSR count). The topological polar surface area (TPSA) is 58.6 Å². The Morgan fingerprint density at radius 1 is 1.32 bits per heavy atom. The van der Waals surface area contributed by atoms with E-state index >= 15 is 0 Å². The summed E-state index contributed by atoms with van der Waals surface area (Å²) < 4.78 is 5.69. The number of para-hydroxylation sites is 1. The molecule has 0 saturated heterocycles.